The van der Waals surface area contributed by atoms with E-state index >= 15 is 0 Å². The molecular formula is C23H27F3N2O4S. The fourth-order valence-corrected chi connectivity index (χ4v) is 3.30. The van der Waals surface area contributed by atoms with Gasteiger partial charge in [-0.15, -0.1) is 0 Å². The zero-order chi connectivity index (χ0) is 24.4. The van der Waals surface area contributed by atoms with E-state index in [9.17, 15) is 22.8 Å². The molecule has 0 saturated heterocycles. The van der Waals surface area contributed by atoms with Gasteiger partial charge in [0.15, 0.2) is 0 Å². The standard InChI is InChI=1S/C23H27F3N2O4S/c1-15(2)14-32-18-7-5-17(6-8-18)21(30)28-20(22(31)27-11-12-29)13-16-3-9-19(10-4-16)33-23(24,25)26/h3-7,9-10,13,15,18,29H,8,11-12,14H2,1-2H3,(H,27,31)(H,28,30)/b20-13-. The number of hydrogen-bond acceptors (Lipinski definition) is 5. The minimum absolute atomic E-state index is 0.00158. The van der Waals surface area contributed by atoms with Gasteiger partial charge in [0.1, 0.15) is 5.70 Å². The molecule has 1 aliphatic rings. The van der Waals surface area contributed by atoms with Crippen molar-refractivity contribution in [3.05, 3.63) is 59.3 Å². The van der Waals surface area contributed by atoms with Gasteiger partial charge in [-0.3, -0.25) is 9.59 Å². The Kier molecular flexibility index (Phi) is 10.2. The zero-order valence-electron chi connectivity index (χ0n) is 18.3. The molecule has 0 radical (unpaired) electrons. The van der Waals surface area contributed by atoms with Gasteiger partial charge in [0.2, 0.25) is 0 Å². The topological polar surface area (TPSA) is 87.7 Å². The molecule has 10 heteroatoms. The van der Waals surface area contributed by atoms with Gasteiger partial charge in [0, 0.05) is 23.6 Å². The number of rotatable bonds is 10. The van der Waals surface area contributed by atoms with E-state index in [1.165, 1.54) is 30.3 Å². The molecular weight excluding hydrogens is 457 g/mol. The van der Waals surface area contributed by atoms with Crippen molar-refractivity contribution >= 4 is 29.7 Å². The highest BCUT2D eigenvalue weighted by molar-refractivity contribution is 8.00. The Labute approximate surface area is 195 Å². The number of ether oxygens (including phenoxy) is 1. The van der Waals surface area contributed by atoms with E-state index in [0.29, 0.717) is 30.1 Å². The lowest BCUT2D eigenvalue weighted by molar-refractivity contribution is -0.121. The summed E-state index contributed by atoms with van der Waals surface area (Å²) in [7, 11) is 0. The zero-order valence-corrected chi connectivity index (χ0v) is 19.1. The molecule has 6 nitrogen and oxygen atoms in total. The Hall–Kier alpha value is -2.56. The summed E-state index contributed by atoms with van der Waals surface area (Å²) in [6.45, 7) is 4.37. The molecule has 2 rings (SSSR count). The highest BCUT2D eigenvalue weighted by Crippen LogP contribution is 2.36. The van der Waals surface area contributed by atoms with E-state index in [1.807, 2.05) is 13.8 Å². The van der Waals surface area contributed by atoms with Crippen molar-refractivity contribution < 1.29 is 32.6 Å². The van der Waals surface area contributed by atoms with E-state index in [1.54, 1.807) is 18.2 Å². The van der Waals surface area contributed by atoms with Crippen LogP contribution < -0.4 is 10.6 Å². The Morgan fingerprint density at radius 1 is 1.27 bits per heavy atom. The van der Waals surface area contributed by atoms with Crippen LogP contribution in [0.1, 0.15) is 25.8 Å². The maximum absolute atomic E-state index is 12.7. The number of benzene rings is 1. The average Bonchev–Trinajstić information content (AvgIpc) is 2.76. The van der Waals surface area contributed by atoms with E-state index in [2.05, 4.69) is 10.6 Å². The van der Waals surface area contributed by atoms with E-state index in [-0.39, 0.29) is 41.6 Å². The van der Waals surface area contributed by atoms with Crippen molar-refractivity contribution in [2.45, 2.75) is 36.8 Å². The van der Waals surface area contributed by atoms with Crippen LogP contribution in [0.25, 0.3) is 6.08 Å². The average molecular weight is 485 g/mol. The normalized spacial score (nSPS) is 16.5. The third-order valence-corrected chi connectivity index (χ3v) is 5.02. The monoisotopic (exact) mass is 484 g/mol. The molecule has 0 bridgehead atoms. The van der Waals surface area contributed by atoms with Crippen LogP contribution in [0.5, 0.6) is 0 Å². The van der Waals surface area contributed by atoms with Crippen LogP contribution >= 0.6 is 11.8 Å². The molecule has 1 aromatic rings. The molecule has 180 valence electrons. The first kappa shape index (κ1) is 26.7. The summed E-state index contributed by atoms with van der Waals surface area (Å²) in [6.07, 6.45) is 6.86. The SMILES string of the molecule is CC(C)COC1C=CC(C(=O)N/C(=C\c2ccc(SC(F)(F)F)cc2)C(=O)NCCO)=CC1. The number of thioether (sulfide) groups is 1. The summed E-state index contributed by atoms with van der Waals surface area (Å²) in [5.74, 6) is -0.758. The van der Waals surface area contributed by atoms with Crippen molar-refractivity contribution in [1.82, 2.24) is 10.6 Å². The van der Waals surface area contributed by atoms with Crippen LogP contribution in [0, 0.1) is 5.92 Å². The molecule has 2 amide bonds. The van der Waals surface area contributed by atoms with Crippen molar-refractivity contribution in [2.75, 3.05) is 19.8 Å². The molecule has 0 fully saturated rings. The second-order valence-corrected chi connectivity index (χ2v) is 8.77. The maximum atomic E-state index is 12.7. The predicted molar refractivity (Wildman–Crippen MR) is 121 cm³/mol. The van der Waals surface area contributed by atoms with Gasteiger partial charge in [0.25, 0.3) is 11.8 Å². The van der Waals surface area contributed by atoms with Crippen LogP contribution in [0.3, 0.4) is 0 Å². The Bertz CT molecular complexity index is 909. The number of alkyl halides is 3. The first-order chi connectivity index (χ1) is 15.6. The van der Waals surface area contributed by atoms with Crippen LogP contribution in [0.15, 0.2) is 58.7 Å². The lowest BCUT2D eigenvalue weighted by Crippen LogP contribution is -2.36. The second-order valence-electron chi connectivity index (χ2n) is 7.63. The van der Waals surface area contributed by atoms with Crippen LogP contribution in [-0.4, -0.2) is 48.3 Å². The number of carbonyl (C=O) groups is 2. The second kappa shape index (κ2) is 12.6. The van der Waals surface area contributed by atoms with Gasteiger partial charge >= 0.3 is 5.51 Å². The van der Waals surface area contributed by atoms with Gasteiger partial charge in [0.05, 0.1) is 12.7 Å². The van der Waals surface area contributed by atoms with Crippen molar-refractivity contribution in [2.24, 2.45) is 5.92 Å². The molecule has 0 aliphatic heterocycles. The molecule has 1 aliphatic carbocycles. The predicted octanol–water partition coefficient (Wildman–Crippen LogP) is 3.79. The van der Waals surface area contributed by atoms with Crippen LogP contribution in [-0.2, 0) is 14.3 Å². The van der Waals surface area contributed by atoms with Gasteiger partial charge < -0.3 is 20.5 Å². The third kappa shape index (κ3) is 9.85. The van der Waals surface area contributed by atoms with Crippen molar-refractivity contribution in [1.29, 1.82) is 0 Å². The Morgan fingerprint density at radius 3 is 2.52 bits per heavy atom. The number of halogens is 3. The van der Waals surface area contributed by atoms with E-state index in [0.717, 1.165) is 0 Å². The smallest absolute Gasteiger partial charge is 0.395 e. The lowest BCUT2D eigenvalue weighted by Gasteiger charge is -2.18. The molecule has 1 unspecified atom stereocenters. The molecule has 3 N–H and O–H groups in total. The fourth-order valence-electron chi connectivity index (χ4n) is 2.76. The molecule has 1 aromatic carbocycles. The molecule has 33 heavy (non-hydrogen) atoms. The van der Waals surface area contributed by atoms with E-state index < -0.39 is 17.3 Å². The number of hydrogen-bond donors (Lipinski definition) is 3. The minimum atomic E-state index is -4.40. The number of nitrogens with one attached hydrogen (secondary N) is 2. The molecule has 0 spiro atoms. The molecule has 0 heterocycles. The van der Waals surface area contributed by atoms with Crippen LogP contribution in [0.2, 0.25) is 0 Å². The van der Waals surface area contributed by atoms with Crippen LogP contribution in [0.4, 0.5) is 13.2 Å². The quantitative estimate of drug-likeness (QED) is 0.348. The van der Waals surface area contributed by atoms with Gasteiger partial charge in [-0.1, -0.05) is 44.2 Å². The summed E-state index contributed by atoms with van der Waals surface area (Å²) >= 11 is -0.243. The van der Waals surface area contributed by atoms with Gasteiger partial charge in [-0.2, -0.15) is 13.2 Å². The van der Waals surface area contributed by atoms with Crippen molar-refractivity contribution in [3.63, 3.8) is 0 Å². The lowest BCUT2D eigenvalue weighted by atomic mass is 10.0. The molecule has 1 atom stereocenters. The number of aliphatic hydroxyl groups excluding tert-OH is 1. The first-order valence-corrected chi connectivity index (χ1v) is 11.2. The van der Waals surface area contributed by atoms with Crippen molar-refractivity contribution in [3.8, 4) is 0 Å². The number of carbonyl (C=O) groups excluding carboxylic acids is 2. The maximum Gasteiger partial charge on any atom is 0.446 e. The van der Waals surface area contributed by atoms with Gasteiger partial charge in [-0.25, -0.2) is 0 Å². The highest BCUT2D eigenvalue weighted by Gasteiger charge is 2.29. The first-order valence-electron chi connectivity index (χ1n) is 10.3. The number of aliphatic hydroxyl groups is 1. The minimum Gasteiger partial charge on any atom is -0.395 e. The highest BCUT2D eigenvalue weighted by atomic mass is 32.2. The summed E-state index contributed by atoms with van der Waals surface area (Å²) in [5.41, 5.74) is -3.72. The third-order valence-electron chi connectivity index (χ3n) is 4.28. The van der Waals surface area contributed by atoms with Gasteiger partial charge in [-0.05, 0) is 47.9 Å². The summed E-state index contributed by atoms with van der Waals surface area (Å²) in [5, 5.41) is 14.0. The Balaban J connectivity index is 2.12. The summed E-state index contributed by atoms with van der Waals surface area (Å²) in [6, 6.07) is 5.38. The molecule has 0 saturated carbocycles. The summed E-state index contributed by atoms with van der Waals surface area (Å²) in [4.78, 5) is 25.2. The van der Waals surface area contributed by atoms with E-state index in [4.69, 9.17) is 9.84 Å². The Morgan fingerprint density at radius 2 is 1.97 bits per heavy atom. The molecule has 0 aromatic heterocycles. The fraction of sp³-hybridized carbons (Fsp3) is 0.391. The number of amides is 2. The largest absolute Gasteiger partial charge is 0.446 e. The summed E-state index contributed by atoms with van der Waals surface area (Å²) < 4.78 is 43.3.